The summed E-state index contributed by atoms with van der Waals surface area (Å²) in [5.74, 6) is 0. The molecule has 15 heteroatoms. The third-order valence-corrected chi connectivity index (χ3v) is 7.07. The van der Waals surface area contributed by atoms with Gasteiger partial charge >= 0.3 is 15.9 Å². The van der Waals surface area contributed by atoms with Crippen molar-refractivity contribution < 1.29 is 37.1 Å². The van der Waals surface area contributed by atoms with E-state index in [1.165, 1.54) is 36.4 Å². The van der Waals surface area contributed by atoms with Gasteiger partial charge in [0.1, 0.15) is 13.2 Å². The second-order valence-electron chi connectivity index (χ2n) is 5.90. The largest absolute Gasteiger partial charge is 0.697 e. The zero-order chi connectivity index (χ0) is 26.9. The molecular formula is C20H28BrN2O10P2+. The van der Waals surface area contributed by atoms with Crippen LogP contribution in [0.4, 0.5) is 11.4 Å². The topological polar surface area (TPSA) is 157 Å². The van der Waals surface area contributed by atoms with Crippen molar-refractivity contribution in [3.05, 3.63) is 73.2 Å². The Hall–Kier alpha value is -2.11. The Morgan fingerprint density at radius 3 is 1.46 bits per heavy atom. The van der Waals surface area contributed by atoms with Gasteiger partial charge in [-0.1, -0.05) is 15.9 Å². The van der Waals surface area contributed by atoms with Crippen LogP contribution in [0, 0.1) is 20.2 Å². The number of nitrogens with zero attached hydrogens (tertiary/aromatic N) is 2. The van der Waals surface area contributed by atoms with E-state index >= 15 is 0 Å². The van der Waals surface area contributed by atoms with Crippen LogP contribution in [0.5, 0.6) is 0 Å². The molecule has 0 fully saturated rings. The molecule has 0 aromatic heterocycles. The number of halogens is 1. The van der Waals surface area contributed by atoms with E-state index in [0.717, 1.165) is 4.47 Å². The molecule has 0 aliphatic carbocycles. The molecule has 194 valence electrons. The second-order valence-corrected chi connectivity index (χ2v) is 9.81. The van der Waals surface area contributed by atoms with Crippen molar-refractivity contribution in [3.8, 4) is 0 Å². The highest BCUT2D eigenvalue weighted by Gasteiger charge is 2.27. The summed E-state index contributed by atoms with van der Waals surface area (Å²) in [5, 5.41) is 20.9. The van der Waals surface area contributed by atoms with Crippen LogP contribution < -0.4 is 5.30 Å². The Bertz CT molecular complexity index is 957. The van der Waals surface area contributed by atoms with Crippen LogP contribution in [-0.2, 0) is 27.2 Å². The van der Waals surface area contributed by atoms with Crippen LogP contribution in [0.2, 0.25) is 0 Å². The van der Waals surface area contributed by atoms with Crippen LogP contribution >= 0.6 is 31.8 Å². The van der Waals surface area contributed by atoms with Gasteiger partial charge in [0.15, 0.2) is 0 Å². The van der Waals surface area contributed by atoms with Crippen molar-refractivity contribution in [1.29, 1.82) is 0 Å². The fourth-order valence-corrected chi connectivity index (χ4v) is 4.42. The van der Waals surface area contributed by atoms with Gasteiger partial charge in [-0.25, -0.2) is 0 Å². The van der Waals surface area contributed by atoms with E-state index in [9.17, 15) is 29.4 Å². The van der Waals surface area contributed by atoms with Crippen LogP contribution in [-0.4, -0.2) is 36.3 Å². The third kappa shape index (κ3) is 13.5. The van der Waals surface area contributed by atoms with Crippen molar-refractivity contribution in [2.45, 2.75) is 27.7 Å². The molecular weight excluding hydrogens is 570 g/mol. The van der Waals surface area contributed by atoms with Crippen LogP contribution in [0.25, 0.3) is 0 Å². The molecule has 35 heavy (non-hydrogen) atoms. The van der Waals surface area contributed by atoms with Gasteiger partial charge in [0, 0.05) is 33.3 Å². The molecule has 0 aliphatic heterocycles. The normalized spacial score (nSPS) is 10.3. The van der Waals surface area contributed by atoms with Crippen molar-refractivity contribution in [3.63, 3.8) is 0 Å². The highest BCUT2D eigenvalue weighted by molar-refractivity contribution is 9.10. The summed E-state index contributed by atoms with van der Waals surface area (Å²) in [7, 11) is -5.18. The van der Waals surface area contributed by atoms with Crippen LogP contribution in [0.1, 0.15) is 27.7 Å². The Morgan fingerprint density at radius 2 is 1.14 bits per heavy atom. The van der Waals surface area contributed by atoms with Crippen molar-refractivity contribution in [2.75, 3.05) is 26.4 Å². The first-order valence-electron chi connectivity index (χ1n) is 10.3. The highest BCUT2D eigenvalue weighted by Crippen LogP contribution is 2.46. The van der Waals surface area contributed by atoms with Gasteiger partial charge in [-0.15, -0.1) is 9.05 Å². The standard InChI is InChI=1S/C10H14NO5P.C6H4BrNO2.C4H10O3P/c1-3-15-17(14,16-4-2)10-7-5-9(6-8-10)11(12)13;7-5-1-3-6(4-2-5)8(9)10;1-3-6-8(5)7-4-2/h5-8H,3-4H2,1-2H3;1-4H;3-4H2,1-2H3/q;;+1. The lowest BCUT2D eigenvalue weighted by Crippen LogP contribution is -2.10. The summed E-state index contributed by atoms with van der Waals surface area (Å²) in [6.45, 7) is 8.32. The van der Waals surface area contributed by atoms with Gasteiger partial charge in [-0.3, -0.25) is 24.8 Å². The highest BCUT2D eigenvalue weighted by atomic mass is 79.9. The monoisotopic (exact) mass is 597 g/mol. The predicted octanol–water partition coefficient (Wildman–Crippen LogP) is 6.56. The molecule has 2 aromatic rings. The van der Waals surface area contributed by atoms with Gasteiger partial charge in [0.25, 0.3) is 11.4 Å². The number of non-ortho nitro benzene ring substituents is 2. The first kappa shape index (κ1) is 32.9. The van der Waals surface area contributed by atoms with Crippen molar-refractivity contribution >= 4 is 48.5 Å². The van der Waals surface area contributed by atoms with Crippen molar-refractivity contribution in [2.24, 2.45) is 0 Å². The smallest absolute Gasteiger partial charge is 0.305 e. The zero-order valence-corrected chi connectivity index (χ0v) is 23.1. The molecule has 2 aromatic carbocycles. The summed E-state index contributed by atoms with van der Waals surface area (Å²) in [5.41, 5.74) is 0.0523. The maximum absolute atomic E-state index is 12.3. The SMILES string of the molecule is CCOP(=O)(OCC)c1ccc([N+](=O)[O-])cc1.CCO[P+](=O)OCC.O=[N+]([O-])c1ccc(Br)cc1. The van der Waals surface area contributed by atoms with E-state index in [1.807, 2.05) is 0 Å². The molecule has 12 nitrogen and oxygen atoms in total. The van der Waals surface area contributed by atoms with Gasteiger partial charge in [0.05, 0.1) is 28.4 Å². The number of rotatable bonds is 11. The Kier molecular flexibility index (Phi) is 17.1. The van der Waals surface area contributed by atoms with Crippen molar-refractivity contribution in [1.82, 2.24) is 0 Å². The summed E-state index contributed by atoms with van der Waals surface area (Å²) in [4.78, 5) is 19.6. The number of benzene rings is 2. The van der Waals surface area contributed by atoms with E-state index < -0.39 is 25.7 Å². The molecule has 2 rings (SSSR count). The van der Waals surface area contributed by atoms with Crippen LogP contribution in [0.15, 0.2) is 53.0 Å². The van der Waals surface area contributed by atoms with E-state index in [-0.39, 0.29) is 24.6 Å². The lowest BCUT2D eigenvalue weighted by molar-refractivity contribution is -0.385. The molecule has 0 aliphatic rings. The maximum atomic E-state index is 12.3. The molecule has 0 N–H and O–H groups in total. The van der Waals surface area contributed by atoms with Gasteiger partial charge < -0.3 is 9.05 Å². The first-order chi connectivity index (χ1) is 16.5. The molecule has 0 bridgehead atoms. The quantitative estimate of drug-likeness (QED) is 0.158. The van der Waals surface area contributed by atoms with E-state index in [0.29, 0.717) is 18.5 Å². The van der Waals surface area contributed by atoms with E-state index in [2.05, 4.69) is 25.0 Å². The third-order valence-electron chi connectivity index (χ3n) is 3.48. The number of hydrogen-bond acceptors (Lipinski definition) is 10. The molecule has 0 saturated heterocycles. The summed E-state index contributed by atoms with van der Waals surface area (Å²) >= 11 is 3.17. The van der Waals surface area contributed by atoms with E-state index in [4.69, 9.17) is 9.05 Å². The second kappa shape index (κ2) is 18.2. The Morgan fingerprint density at radius 1 is 0.771 bits per heavy atom. The molecule has 0 saturated carbocycles. The lowest BCUT2D eigenvalue weighted by atomic mass is 10.3. The molecule has 0 radical (unpaired) electrons. The first-order valence-corrected chi connectivity index (χ1v) is 13.7. The minimum atomic E-state index is -3.34. The minimum Gasteiger partial charge on any atom is -0.305 e. The summed E-state index contributed by atoms with van der Waals surface area (Å²) < 4.78 is 42.9. The predicted molar refractivity (Wildman–Crippen MR) is 135 cm³/mol. The molecule has 0 amide bonds. The number of nitro groups is 2. The van der Waals surface area contributed by atoms with Gasteiger partial charge in [-0.05, 0) is 52.0 Å². The number of hydrogen-bond donors (Lipinski definition) is 0. The van der Waals surface area contributed by atoms with Crippen LogP contribution in [0.3, 0.4) is 0 Å². The fraction of sp³-hybridized carbons (Fsp3) is 0.400. The average Bonchev–Trinajstić information content (AvgIpc) is 2.81. The Labute approximate surface area is 212 Å². The fourth-order valence-electron chi connectivity index (χ4n) is 2.09. The number of nitro benzene ring substituents is 2. The van der Waals surface area contributed by atoms with Gasteiger partial charge in [-0.2, -0.15) is 0 Å². The molecule has 0 heterocycles. The van der Waals surface area contributed by atoms with E-state index in [1.54, 1.807) is 39.8 Å². The minimum absolute atomic E-state index is 0.0618. The molecule has 0 atom stereocenters. The summed E-state index contributed by atoms with van der Waals surface area (Å²) in [6, 6.07) is 11.5. The maximum Gasteiger partial charge on any atom is 0.697 e. The zero-order valence-electron chi connectivity index (χ0n) is 19.7. The summed E-state index contributed by atoms with van der Waals surface area (Å²) in [6.07, 6.45) is 0. The molecule has 0 spiro atoms. The average molecular weight is 598 g/mol. The Balaban J connectivity index is 0.000000545. The van der Waals surface area contributed by atoms with Gasteiger partial charge in [0.2, 0.25) is 0 Å². The molecule has 0 unspecified atom stereocenters. The lowest BCUT2D eigenvalue weighted by Gasteiger charge is -2.16.